The molecule has 1 aromatic carbocycles. The molecule has 132 valence electrons. The van der Waals surface area contributed by atoms with Crippen LogP contribution in [0, 0.1) is 0 Å². The lowest BCUT2D eigenvalue weighted by Crippen LogP contribution is -2.43. The Morgan fingerprint density at radius 2 is 2.00 bits per heavy atom. The second-order valence-electron chi connectivity index (χ2n) is 6.00. The van der Waals surface area contributed by atoms with Gasteiger partial charge in [0.25, 0.3) is 0 Å². The van der Waals surface area contributed by atoms with Crippen LogP contribution in [0.25, 0.3) is 0 Å². The highest BCUT2D eigenvalue weighted by Gasteiger charge is 2.30. The Balaban J connectivity index is 1.72. The maximum absolute atomic E-state index is 12.4. The smallest absolute Gasteiger partial charge is 0.237 e. The Labute approximate surface area is 143 Å². The fourth-order valence-corrected chi connectivity index (χ4v) is 2.93. The second kappa shape index (κ2) is 10.1. The molecule has 1 atom stereocenters. The molecule has 0 saturated carbocycles. The molecule has 1 saturated heterocycles. The van der Waals surface area contributed by atoms with Crippen LogP contribution in [0.15, 0.2) is 30.3 Å². The van der Waals surface area contributed by atoms with Crippen molar-refractivity contribution in [3.8, 4) is 0 Å². The zero-order valence-corrected chi connectivity index (χ0v) is 14.3. The number of carbonyl (C=O) groups excluding carboxylic acids is 2. The molecular formula is C18H27N3O3. The first-order valence-electron chi connectivity index (χ1n) is 8.52. The van der Waals surface area contributed by atoms with Crippen LogP contribution in [0.3, 0.4) is 0 Å². The Morgan fingerprint density at radius 1 is 1.21 bits per heavy atom. The number of carbonyl (C=O) groups is 2. The molecule has 6 nitrogen and oxygen atoms in total. The van der Waals surface area contributed by atoms with Crippen molar-refractivity contribution >= 4 is 11.8 Å². The van der Waals surface area contributed by atoms with E-state index in [4.69, 9.17) is 4.74 Å². The van der Waals surface area contributed by atoms with Gasteiger partial charge in [-0.05, 0) is 24.9 Å². The van der Waals surface area contributed by atoms with Gasteiger partial charge in [0.15, 0.2) is 0 Å². The first-order valence-corrected chi connectivity index (χ1v) is 8.52. The number of rotatable bonds is 9. The van der Waals surface area contributed by atoms with E-state index in [0.717, 1.165) is 25.9 Å². The van der Waals surface area contributed by atoms with E-state index in [-0.39, 0.29) is 17.9 Å². The molecule has 0 aliphatic carbocycles. The van der Waals surface area contributed by atoms with Crippen molar-refractivity contribution in [2.45, 2.75) is 31.8 Å². The molecule has 1 aliphatic heterocycles. The summed E-state index contributed by atoms with van der Waals surface area (Å²) in [7, 11) is 1.59. The SMILES string of the molecule is COCCNC(=O)CCNC(=O)C1CCCN1Cc1ccccc1. The quantitative estimate of drug-likeness (QED) is 0.659. The minimum atomic E-state index is -0.0956. The predicted octanol–water partition coefficient (Wildman–Crippen LogP) is 0.920. The van der Waals surface area contributed by atoms with Crippen molar-refractivity contribution in [3.05, 3.63) is 35.9 Å². The van der Waals surface area contributed by atoms with E-state index in [1.807, 2.05) is 18.2 Å². The van der Waals surface area contributed by atoms with Crippen LogP contribution in [0.4, 0.5) is 0 Å². The van der Waals surface area contributed by atoms with Gasteiger partial charge in [0, 0.05) is 33.2 Å². The number of ether oxygens (including phenoxy) is 1. The zero-order chi connectivity index (χ0) is 17.2. The van der Waals surface area contributed by atoms with Crippen molar-refractivity contribution in [2.24, 2.45) is 0 Å². The first-order chi connectivity index (χ1) is 11.7. The highest BCUT2D eigenvalue weighted by atomic mass is 16.5. The summed E-state index contributed by atoms with van der Waals surface area (Å²) in [6.07, 6.45) is 2.20. The van der Waals surface area contributed by atoms with Gasteiger partial charge in [0.2, 0.25) is 11.8 Å². The molecule has 1 aromatic rings. The van der Waals surface area contributed by atoms with Crippen molar-refractivity contribution < 1.29 is 14.3 Å². The van der Waals surface area contributed by atoms with Gasteiger partial charge >= 0.3 is 0 Å². The molecule has 2 N–H and O–H groups in total. The number of hydrogen-bond donors (Lipinski definition) is 2. The van der Waals surface area contributed by atoms with Crippen molar-refractivity contribution in [3.63, 3.8) is 0 Å². The average Bonchev–Trinajstić information content (AvgIpc) is 3.04. The van der Waals surface area contributed by atoms with E-state index in [9.17, 15) is 9.59 Å². The lowest BCUT2D eigenvalue weighted by Gasteiger charge is -2.23. The molecule has 0 radical (unpaired) electrons. The molecular weight excluding hydrogens is 306 g/mol. The van der Waals surface area contributed by atoms with Crippen LogP contribution in [0.1, 0.15) is 24.8 Å². The third kappa shape index (κ3) is 5.94. The Morgan fingerprint density at radius 3 is 2.75 bits per heavy atom. The first kappa shape index (κ1) is 18.4. The van der Waals surface area contributed by atoms with Gasteiger partial charge in [-0.1, -0.05) is 30.3 Å². The molecule has 1 heterocycles. The summed E-state index contributed by atoms with van der Waals surface area (Å²) in [4.78, 5) is 26.2. The fraction of sp³-hybridized carbons (Fsp3) is 0.556. The largest absolute Gasteiger partial charge is 0.383 e. The van der Waals surface area contributed by atoms with Gasteiger partial charge < -0.3 is 15.4 Å². The number of methoxy groups -OCH3 is 1. The minimum Gasteiger partial charge on any atom is -0.383 e. The molecule has 24 heavy (non-hydrogen) atoms. The van der Waals surface area contributed by atoms with Gasteiger partial charge in [-0.25, -0.2) is 0 Å². The third-order valence-electron chi connectivity index (χ3n) is 4.17. The second-order valence-corrected chi connectivity index (χ2v) is 6.00. The highest BCUT2D eigenvalue weighted by molar-refractivity contribution is 5.83. The van der Waals surface area contributed by atoms with E-state index < -0.39 is 0 Å². The van der Waals surface area contributed by atoms with Crippen molar-refractivity contribution in [1.29, 1.82) is 0 Å². The number of amides is 2. The third-order valence-corrected chi connectivity index (χ3v) is 4.17. The van der Waals surface area contributed by atoms with Crippen molar-refractivity contribution in [2.75, 3.05) is 33.4 Å². The number of nitrogens with one attached hydrogen (secondary N) is 2. The molecule has 0 bridgehead atoms. The summed E-state index contributed by atoms with van der Waals surface area (Å²) in [5, 5.41) is 5.63. The maximum Gasteiger partial charge on any atom is 0.237 e. The summed E-state index contributed by atoms with van der Waals surface area (Å²) in [6.45, 7) is 3.08. The Hall–Kier alpha value is -1.92. The number of nitrogens with zero attached hydrogens (tertiary/aromatic N) is 1. The van der Waals surface area contributed by atoms with Crippen molar-refractivity contribution in [1.82, 2.24) is 15.5 Å². The molecule has 1 fully saturated rings. The summed E-state index contributed by atoms with van der Waals surface area (Å²) in [6, 6.07) is 10.1. The van der Waals surface area contributed by atoms with Gasteiger partial charge in [-0.2, -0.15) is 0 Å². The molecule has 2 amide bonds. The summed E-state index contributed by atoms with van der Waals surface area (Å²) in [5.74, 6) is -0.0481. The number of benzene rings is 1. The van der Waals surface area contributed by atoms with Gasteiger partial charge in [-0.3, -0.25) is 14.5 Å². The minimum absolute atomic E-state index is 0.0214. The monoisotopic (exact) mass is 333 g/mol. The van der Waals surface area contributed by atoms with Crippen LogP contribution in [0.2, 0.25) is 0 Å². The molecule has 1 unspecified atom stereocenters. The Kier molecular flexibility index (Phi) is 7.71. The summed E-state index contributed by atoms with van der Waals surface area (Å²) >= 11 is 0. The van der Waals surface area contributed by atoms with Gasteiger partial charge in [0.1, 0.15) is 0 Å². The average molecular weight is 333 g/mol. The van der Waals surface area contributed by atoms with E-state index in [2.05, 4.69) is 27.7 Å². The van der Waals surface area contributed by atoms with Gasteiger partial charge in [0.05, 0.1) is 12.6 Å². The number of likely N-dealkylation sites (tertiary alicyclic amines) is 1. The lowest BCUT2D eigenvalue weighted by atomic mass is 10.1. The van der Waals surface area contributed by atoms with E-state index in [1.165, 1.54) is 5.56 Å². The molecule has 6 heteroatoms. The standard InChI is InChI=1S/C18H27N3O3/c1-24-13-11-19-17(22)9-10-20-18(23)16-8-5-12-21(16)14-15-6-3-2-4-7-15/h2-4,6-7,16H,5,8-14H2,1H3,(H,19,22)(H,20,23). The molecule has 0 aromatic heterocycles. The van der Waals surface area contributed by atoms with Crippen LogP contribution in [-0.4, -0.2) is 56.1 Å². The zero-order valence-electron chi connectivity index (χ0n) is 14.3. The number of hydrogen-bond acceptors (Lipinski definition) is 4. The van der Waals surface area contributed by atoms with E-state index in [1.54, 1.807) is 7.11 Å². The van der Waals surface area contributed by atoms with Gasteiger partial charge in [-0.15, -0.1) is 0 Å². The van der Waals surface area contributed by atoms with Crippen LogP contribution in [0.5, 0.6) is 0 Å². The fourth-order valence-electron chi connectivity index (χ4n) is 2.93. The lowest BCUT2D eigenvalue weighted by molar-refractivity contribution is -0.126. The van der Waals surface area contributed by atoms with Crippen LogP contribution in [-0.2, 0) is 20.9 Å². The topological polar surface area (TPSA) is 70.7 Å². The molecule has 1 aliphatic rings. The summed E-state index contributed by atoms with van der Waals surface area (Å²) < 4.78 is 4.87. The van der Waals surface area contributed by atoms with E-state index in [0.29, 0.717) is 26.1 Å². The Bertz CT molecular complexity index is 522. The normalized spacial score (nSPS) is 17.6. The molecule has 0 spiro atoms. The van der Waals surface area contributed by atoms with Crippen LogP contribution < -0.4 is 10.6 Å². The predicted molar refractivity (Wildman–Crippen MR) is 92.4 cm³/mol. The highest BCUT2D eigenvalue weighted by Crippen LogP contribution is 2.20. The van der Waals surface area contributed by atoms with E-state index >= 15 is 0 Å². The molecule has 2 rings (SSSR count). The van der Waals surface area contributed by atoms with Crippen LogP contribution >= 0.6 is 0 Å². The summed E-state index contributed by atoms with van der Waals surface area (Å²) in [5.41, 5.74) is 1.22. The maximum atomic E-state index is 12.4.